The lowest BCUT2D eigenvalue weighted by atomic mass is 9.93. The van der Waals surface area contributed by atoms with E-state index in [-0.39, 0.29) is 11.9 Å². The van der Waals surface area contributed by atoms with E-state index in [9.17, 15) is 18.0 Å². The first-order chi connectivity index (χ1) is 12.9. The van der Waals surface area contributed by atoms with Crippen molar-refractivity contribution in [3.63, 3.8) is 0 Å². The summed E-state index contributed by atoms with van der Waals surface area (Å²) in [4.78, 5) is 13.7. The molecule has 0 saturated carbocycles. The number of carbonyl (C=O) groups is 1. The number of piperidine rings is 2. The molecular weight excluding hydrogens is 361 g/mol. The third kappa shape index (κ3) is 6.17. The Balaban J connectivity index is 1.36. The Morgan fingerprint density at radius 2 is 1.93 bits per heavy atom. The zero-order valence-corrected chi connectivity index (χ0v) is 15.3. The van der Waals surface area contributed by atoms with Gasteiger partial charge in [-0.05, 0) is 64.2 Å². The molecule has 0 atom stereocenters. The van der Waals surface area contributed by atoms with Gasteiger partial charge in [-0.25, -0.2) is 4.68 Å². The number of halogens is 3. The molecule has 1 aromatic heterocycles. The van der Waals surface area contributed by atoms with E-state index < -0.39 is 12.7 Å². The van der Waals surface area contributed by atoms with E-state index in [4.69, 9.17) is 0 Å². The maximum atomic E-state index is 12.4. The smallest absolute Gasteiger partial charge is 0.351 e. The van der Waals surface area contributed by atoms with Crippen molar-refractivity contribution in [3.05, 3.63) is 11.9 Å². The van der Waals surface area contributed by atoms with E-state index in [2.05, 4.69) is 20.9 Å². The summed E-state index contributed by atoms with van der Waals surface area (Å²) in [7, 11) is 0. The van der Waals surface area contributed by atoms with E-state index in [0.717, 1.165) is 45.2 Å². The number of nitrogens with one attached hydrogen (secondary N) is 2. The second-order valence-corrected chi connectivity index (χ2v) is 7.44. The number of likely N-dealkylation sites (tertiary alicyclic amines) is 1. The second-order valence-electron chi connectivity index (χ2n) is 7.44. The van der Waals surface area contributed by atoms with Crippen LogP contribution in [0.2, 0.25) is 0 Å². The Hall–Kier alpha value is -1.68. The van der Waals surface area contributed by atoms with Gasteiger partial charge in [0.1, 0.15) is 0 Å². The number of hydrogen-bond acceptors (Lipinski definition) is 5. The van der Waals surface area contributed by atoms with Crippen LogP contribution in [-0.2, 0) is 0 Å². The Kier molecular flexibility index (Phi) is 6.69. The molecule has 0 bridgehead atoms. The lowest BCUT2D eigenvalue weighted by Gasteiger charge is -2.32. The first kappa shape index (κ1) is 20.1. The zero-order valence-electron chi connectivity index (χ0n) is 15.3. The van der Waals surface area contributed by atoms with Crippen LogP contribution < -0.4 is 10.6 Å². The van der Waals surface area contributed by atoms with E-state index in [1.807, 2.05) is 0 Å². The average molecular weight is 388 g/mol. The van der Waals surface area contributed by atoms with Crippen molar-refractivity contribution >= 4 is 5.91 Å². The van der Waals surface area contributed by atoms with Crippen LogP contribution in [0.4, 0.5) is 13.2 Å². The van der Waals surface area contributed by atoms with E-state index >= 15 is 0 Å². The van der Waals surface area contributed by atoms with Gasteiger partial charge in [-0.2, -0.15) is 13.2 Å². The van der Waals surface area contributed by atoms with Crippen LogP contribution in [0.15, 0.2) is 6.20 Å². The highest BCUT2D eigenvalue weighted by atomic mass is 19.4. The fraction of sp³-hybridized carbons (Fsp3) is 0.824. The number of aromatic nitrogens is 3. The van der Waals surface area contributed by atoms with Crippen LogP contribution in [0.3, 0.4) is 0 Å². The number of carbonyl (C=O) groups excluding carboxylic acids is 1. The van der Waals surface area contributed by atoms with Gasteiger partial charge >= 0.3 is 6.18 Å². The standard InChI is InChI=1S/C17H27F3N6O/c18-17(19,20)12-25-9-4-13(5-10-25)1-8-22-16(27)15-11-26(24-23-15)14-2-6-21-7-3-14/h11,13-14,21H,1-10,12H2,(H,22,27). The molecule has 3 rings (SSSR count). The van der Waals surface area contributed by atoms with Crippen LogP contribution in [0.1, 0.15) is 48.6 Å². The summed E-state index contributed by atoms with van der Waals surface area (Å²) in [5.41, 5.74) is 0.313. The lowest BCUT2D eigenvalue weighted by Crippen LogP contribution is -2.40. The largest absolute Gasteiger partial charge is 0.401 e. The minimum absolute atomic E-state index is 0.246. The molecule has 2 aliphatic rings. The molecule has 0 unspecified atom stereocenters. The normalized spacial score (nSPS) is 20.7. The Bertz CT molecular complexity index is 606. The predicted molar refractivity (Wildman–Crippen MR) is 93.3 cm³/mol. The minimum Gasteiger partial charge on any atom is -0.351 e. The van der Waals surface area contributed by atoms with Gasteiger partial charge in [-0.3, -0.25) is 9.69 Å². The van der Waals surface area contributed by atoms with Crippen LogP contribution in [0.5, 0.6) is 0 Å². The molecule has 3 heterocycles. The summed E-state index contributed by atoms with van der Waals surface area (Å²) in [6.07, 6.45) is 1.74. The molecule has 2 fully saturated rings. The molecule has 1 amide bonds. The van der Waals surface area contributed by atoms with Crippen LogP contribution in [0, 0.1) is 5.92 Å². The molecule has 0 radical (unpaired) electrons. The molecule has 152 valence electrons. The fourth-order valence-corrected chi connectivity index (χ4v) is 3.80. The molecule has 2 aliphatic heterocycles. The van der Waals surface area contributed by atoms with Crippen LogP contribution in [0.25, 0.3) is 0 Å². The highest BCUT2D eigenvalue weighted by Crippen LogP contribution is 2.24. The minimum atomic E-state index is -4.13. The maximum absolute atomic E-state index is 12.4. The maximum Gasteiger partial charge on any atom is 0.401 e. The summed E-state index contributed by atoms with van der Waals surface area (Å²) < 4.78 is 39.0. The van der Waals surface area contributed by atoms with Gasteiger partial charge in [0, 0.05) is 6.54 Å². The predicted octanol–water partition coefficient (Wildman–Crippen LogP) is 1.60. The topological polar surface area (TPSA) is 75.1 Å². The average Bonchev–Trinajstić information content (AvgIpc) is 3.13. The lowest BCUT2D eigenvalue weighted by molar-refractivity contribution is -0.148. The molecule has 27 heavy (non-hydrogen) atoms. The first-order valence-corrected chi connectivity index (χ1v) is 9.60. The van der Waals surface area contributed by atoms with Gasteiger partial charge < -0.3 is 10.6 Å². The summed E-state index contributed by atoms with van der Waals surface area (Å²) >= 11 is 0. The van der Waals surface area contributed by atoms with Crippen molar-refractivity contribution in [1.29, 1.82) is 0 Å². The fourth-order valence-electron chi connectivity index (χ4n) is 3.80. The zero-order chi connectivity index (χ0) is 19.3. The molecule has 2 saturated heterocycles. The number of alkyl halides is 3. The summed E-state index contributed by atoms with van der Waals surface area (Å²) in [5.74, 6) is 0.102. The first-order valence-electron chi connectivity index (χ1n) is 9.60. The van der Waals surface area contributed by atoms with Crippen molar-refractivity contribution in [3.8, 4) is 0 Å². The molecule has 0 spiro atoms. The molecule has 2 N–H and O–H groups in total. The SMILES string of the molecule is O=C(NCCC1CCN(CC(F)(F)F)CC1)c1cn(C2CCNCC2)nn1. The highest BCUT2D eigenvalue weighted by molar-refractivity contribution is 5.91. The van der Waals surface area contributed by atoms with Crippen molar-refractivity contribution < 1.29 is 18.0 Å². The van der Waals surface area contributed by atoms with E-state index in [1.165, 1.54) is 4.90 Å². The highest BCUT2D eigenvalue weighted by Gasteiger charge is 2.32. The molecule has 0 aliphatic carbocycles. The van der Waals surface area contributed by atoms with Crippen molar-refractivity contribution in [1.82, 2.24) is 30.5 Å². The molecule has 10 heteroatoms. The van der Waals surface area contributed by atoms with Crippen molar-refractivity contribution in [2.75, 3.05) is 39.3 Å². The van der Waals surface area contributed by atoms with Gasteiger partial charge in [0.2, 0.25) is 0 Å². The van der Waals surface area contributed by atoms with Gasteiger partial charge in [0.05, 0.1) is 18.8 Å². The van der Waals surface area contributed by atoms with Crippen molar-refractivity contribution in [2.45, 2.75) is 44.3 Å². The number of amides is 1. The molecule has 1 aromatic rings. The van der Waals surface area contributed by atoms with Gasteiger partial charge in [-0.15, -0.1) is 5.10 Å². The van der Waals surface area contributed by atoms with Gasteiger partial charge in [0.15, 0.2) is 5.69 Å². The van der Waals surface area contributed by atoms with E-state index in [1.54, 1.807) is 10.9 Å². The van der Waals surface area contributed by atoms with E-state index in [0.29, 0.717) is 31.2 Å². The number of nitrogens with zero attached hydrogens (tertiary/aromatic N) is 4. The second kappa shape index (κ2) is 9.01. The monoisotopic (exact) mass is 388 g/mol. The number of hydrogen-bond donors (Lipinski definition) is 2. The van der Waals surface area contributed by atoms with Gasteiger partial charge in [-0.1, -0.05) is 5.21 Å². The summed E-state index contributed by atoms with van der Waals surface area (Å²) in [6, 6.07) is 0.280. The molecular formula is C17H27F3N6O. The summed E-state index contributed by atoms with van der Waals surface area (Å²) in [5, 5.41) is 14.2. The van der Waals surface area contributed by atoms with Crippen LogP contribution in [-0.4, -0.2) is 71.2 Å². The Morgan fingerprint density at radius 3 is 2.59 bits per heavy atom. The molecule has 0 aromatic carbocycles. The Labute approximate surface area is 156 Å². The van der Waals surface area contributed by atoms with Crippen LogP contribution >= 0.6 is 0 Å². The number of rotatable bonds is 6. The third-order valence-electron chi connectivity index (χ3n) is 5.37. The quantitative estimate of drug-likeness (QED) is 0.774. The summed E-state index contributed by atoms with van der Waals surface area (Å²) in [6.45, 7) is 2.47. The molecule has 7 nitrogen and oxygen atoms in total. The van der Waals surface area contributed by atoms with Gasteiger partial charge in [0.25, 0.3) is 5.91 Å². The Morgan fingerprint density at radius 1 is 1.22 bits per heavy atom. The third-order valence-corrected chi connectivity index (χ3v) is 5.37. The van der Waals surface area contributed by atoms with Crippen molar-refractivity contribution in [2.24, 2.45) is 5.92 Å².